The molecule has 1 aliphatic heterocycles. The molecule has 3 aromatic rings. The van der Waals surface area contributed by atoms with Crippen molar-refractivity contribution in [1.29, 1.82) is 0 Å². The van der Waals surface area contributed by atoms with E-state index in [-0.39, 0.29) is 18.2 Å². The van der Waals surface area contributed by atoms with Gasteiger partial charge in [-0.15, -0.1) is 0 Å². The highest BCUT2D eigenvalue weighted by molar-refractivity contribution is 8.15. The van der Waals surface area contributed by atoms with Crippen LogP contribution >= 0.6 is 11.8 Å². The Bertz CT molecular complexity index is 1240. The number of anilines is 1. The molecule has 0 spiro atoms. The molecule has 0 aromatic heterocycles. The fourth-order valence-electron chi connectivity index (χ4n) is 3.73. The molecule has 4 rings (SSSR count). The maximum absolute atomic E-state index is 13.4. The first-order chi connectivity index (χ1) is 18.0. The number of amidine groups is 1. The molecule has 1 aliphatic rings. The number of hydrogen-bond donors (Lipinski definition) is 1. The first-order valence-electron chi connectivity index (χ1n) is 11.9. The van der Waals surface area contributed by atoms with E-state index < -0.39 is 5.25 Å². The van der Waals surface area contributed by atoms with E-state index >= 15 is 0 Å². The number of carbonyl (C=O) groups is 2. The summed E-state index contributed by atoms with van der Waals surface area (Å²) in [4.78, 5) is 32.6. The van der Waals surface area contributed by atoms with Gasteiger partial charge in [0.2, 0.25) is 11.8 Å². The van der Waals surface area contributed by atoms with Gasteiger partial charge in [-0.25, -0.2) is 4.99 Å². The second kappa shape index (κ2) is 12.3. The van der Waals surface area contributed by atoms with Gasteiger partial charge in [0.05, 0.1) is 33.1 Å². The van der Waals surface area contributed by atoms with Crippen molar-refractivity contribution in [1.82, 2.24) is 4.90 Å². The average molecular weight is 520 g/mol. The lowest BCUT2D eigenvalue weighted by molar-refractivity contribution is -0.128. The predicted octanol–water partition coefficient (Wildman–Crippen LogP) is 5.26. The highest BCUT2D eigenvalue weighted by Crippen LogP contribution is 2.33. The third-order valence-corrected chi connectivity index (χ3v) is 6.81. The molecule has 0 aliphatic carbocycles. The summed E-state index contributed by atoms with van der Waals surface area (Å²) in [6, 6.07) is 22.0. The lowest BCUT2D eigenvalue weighted by Crippen LogP contribution is -2.33. The molecule has 3 aromatic carbocycles. The van der Waals surface area contributed by atoms with Crippen LogP contribution in [0.25, 0.3) is 0 Å². The van der Waals surface area contributed by atoms with Gasteiger partial charge < -0.3 is 19.5 Å². The highest BCUT2D eigenvalue weighted by Gasteiger charge is 2.39. The van der Waals surface area contributed by atoms with Gasteiger partial charge in [0.25, 0.3) is 0 Å². The van der Waals surface area contributed by atoms with Crippen LogP contribution in [0.3, 0.4) is 0 Å². The number of benzene rings is 3. The summed E-state index contributed by atoms with van der Waals surface area (Å²) in [5, 5.41) is 2.83. The number of nitrogens with one attached hydrogen (secondary N) is 1. The van der Waals surface area contributed by atoms with Crippen molar-refractivity contribution in [2.24, 2.45) is 4.99 Å². The second-order valence-corrected chi connectivity index (χ2v) is 9.35. The number of aliphatic imine (C=N–C) groups is 1. The summed E-state index contributed by atoms with van der Waals surface area (Å²) in [7, 11) is 3.21. The molecule has 2 amide bonds. The van der Waals surface area contributed by atoms with Gasteiger partial charge in [0.15, 0.2) is 5.17 Å². The van der Waals surface area contributed by atoms with Gasteiger partial charge in [-0.2, -0.15) is 0 Å². The van der Waals surface area contributed by atoms with Crippen LogP contribution in [-0.2, 0) is 16.1 Å². The number of ether oxygens (including phenoxy) is 3. The van der Waals surface area contributed by atoms with E-state index in [1.165, 1.54) is 11.8 Å². The van der Waals surface area contributed by atoms with Crippen LogP contribution in [0.2, 0.25) is 0 Å². The second-order valence-electron chi connectivity index (χ2n) is 8.18. The number of carbonyl (C=O) groups excluding carboxylic acids is 2. The first-order valence-corrected chi connectivity index (χ1v) is 12.7. The lowest BCUT2D eigenvalue weighted by atomic mass is 10.2. The van der Waals surface area contributed by atoms with Gasteiger partial charge in [-0.05, 0) is 73.2 Å². The zero-order valence-corrected chi connectivity index (χ0v) is 21.8. The van der Waals surface area contributed by atoms with E-state index in [0.717, 1.165) is 22.8 Å². The van der Waals surface area contributed by atoms with Crippen LogP contribution in [0.15, 0.2) is 77.8 Å². The molecular weight excluding hydrogens is 490 g/mol. The van der Waals surface area contributed by atoms with Crippen molar-refractivity contribution in [3.8, 4) is 17.2 Å². The Kier molecular flexibility index (Phi) is 8.68. The maximum atomic E-state index is 13.4. The van der Waals surface area contributed by atoms with E-state index in [4.69, 9.17) is 19.2 Å². The molecule has 1 atom stereocenters. The molecule has 0 unspecified atom stereocenters. The van der Waals surface area contributed by atoms with Crippen LogP contribution in [0.4, 0.5) is 11.4 Å². The van der Waals surface area contributed by atoms with Crippen molar-refractivity contribution in [3.05, 3.63) is 78.4 Å². The molecule has 1 saturated heterocycles. The van der Waals surface area contributed by atoms with Gasteiger partial charge in [-0.1, -0.05) is 23.9 Å². The molecule has 8 nitrogen and oxygen atoms in total. The molecule has 1 N–H and O–H groups in total. The normalized spacial score (nSPS) is 16.1. The van der Waals surface area contributed by atoms with Crippen molar-refractivity contribution in [2.45, 2.75) is 25.1 Å². The third-order valence-electron chi connectivity index (χ3n) is 5.64. The number of thioether (sulfide) groups is 1. The molecule has 0 saturated carbocycles. The smallest absolute Gasteiger partial charge is 0.242 e. The van der Waals surface area contributed by atoms with E-state index in [0.29, 0.717) is 29.7 Å². The Balaban J connectivity index is 1.50. The first kappa shape index (κ1) is 26.1. The van der Waals surface area contributed by atoms with E-state index in [2.05, 4.69) is 5.32 Å². The van der Waals surface area contributed by atoms with Crippen molar-refractivity contribution in [3.63, 3.8) is 0 Å². The zero-order valence-electron chi connectivity index (χ0n) is 21.0. The number of rotatable bonds is 10. The molecule has 0 radical (unpaired) electrons. The Labute approximate surface area is 220 Å². The van der Waals surface area contributed by atoms with Crippen LogP contribution in [-0.4, -0.2) is 48.0 Å². The van der Waals surface area contributed by atoms with Gasteiger partial charge >= 0.3 is 0 Å². The highest BCUT2D eigenvalue weighted by atomic mass is 32.2. The minimum atomic E-state index is -0.585. The summed E-state index contributed by atoms with van der Waals surface area (Å²) >= 11 is 1.30. The van der Waals surface area contributed by atoms with E-state index in [9.17, 15) is 9.59 Å². The SMILES string of the molecule is CCOc1ccc(NC(=O)C[C@@H]2SC(=Nc3ccc(OC)cc3)N(Cc3ccc(OC)cc3)C2=O)cc1. The molecule has 1 heterocycles. The Morgan fingerprint density at radius 1 is 0.919 bits per heavy atom. The van der Waals surface area contributed by atoms with Gasteiger partial charge in [-0.3, -0.25) is 14.5 Å². The van der Waals surface area contributed by atoms with Crippen LogP contribution < -0.4 is 19.5 Å². The topological polar surface area (TPSA) is 89.5 Å². The Morgan fingerprint density at radius 3 is 2.11 bits per heavy atom. The monoisotopic (exact) mass is 519 g/mol. The largest absolute Gasteiger partial charge is 0.497 e. The summed E-state index contributed by atoms with van der Waals surface area (Å²) in [5.41, 5.74) is 2.26. The lowest BCUT2D eigenvalue weighted by Gasteiger charge is -2.17. The minimum Gasteiger partial charge on any atom is -0.497 e. The van der Waals surface area contributed by atoms with Crippen LogP contribution in [0, 0.1) is 0 Å². The predicted molar refractivity (Wildman–Crippen MR) is 146 cm³/mol. The van der Waals surface area contributed by atoms with Gasteiger partial charge in [0, 0.05) is 12.1 Å². The molecule has 0 bridgehead atoms. The van der Waals surface area contributed by atoms with Crippen molar-refractivity contribution in [2.75, 3.05) is 26.1 Å². The van der Waals surface area contributed by atoms with Gasteiger partial charge in [0.1, 0.15) is 22.5 Å². The van der Waals surface area contributed by atoms with E-state index in [1.807, 2.05) is 55.5 Å². The zero-order chi connectivity index (χ0) is 26.2. The molecule has 9 heteroatoms. The molecule has 1 fully saturated rings. The summed E-state index contributed by atoms with van der Waals surface area (Å²) in [5.74, 6) is 1.79. The Morgan fingerprint density at radius 2 is 1.51 bits per heavy atom. The quantitative estimate of drug-likeness (QED) is 0.393. The molecule has 192 valence electrons. The third kappa shape index (κ3) is 6.83. The van der Waals surface area contributed by atoms with Crippen LogP contribution in [0.5, 0.6) is 17.2 Å². The van der Waals surface area contributed by atoms with E-state index in [1.54, 1.807) is 43.4 Å². The van der Waals surface area contributed by atoms with Crippen molar-refractivity contribution < 1.29 is 23.8 Å². The van der Waals surface area contributed by atoms with Crippen molar-refractivity contribution >= 4 is 40.1 Å². The summed E-state index contributed by atoms with van der Waals surface area (Å²) in [6.07, 6.45) is 0.0253. The maximum Gasteiger partial charge on any atom is 0.242 e. The number of amides is 2. The molecular formula is C28H29N3O5S. The number of nitrogens with zero attached hydrogens (tertiary/aromatic N) is 2. The Hall–Kier alpha value is -3.98. The summed E-state index contributed by atoms with van der Waals surface area (Å²) < 4.78 is 15.9. The fourth-order valence-corrected chi connectivity index (χ4v) is 4.89. The average Bonchev–Trinajstić information content (AvgIpc) is 3.19. The standard InChI is InChI=1S/C28H29N3O5S/c1-4-36-24-15-9-20(10-16-24)29-26(32)17-25-27(33)31(18-19-5-11-22(34-2)12-6-19)28(37-25)30-21-7-13-23(35-3)14-8-21/h5-16,25H,4,17-18H2,1-3H3,(H,29,32)/t25-/m0/s1. The fraction of sp³-hybridized carbons (Fsp3) is 0.250. The minimum absolute atomic E-state index is 0.0253. The number of hydrogen-bond acceptors (Lipinski definition) is 7. The molecule has 37 heavy (non-hydrogen) atoms. The summed E-state index contributed by atoms with van der Waals surface area (Å²) in [6.45, 7) is 2.82. The number of methoxy groups -OCH3 is 2. The van der Waals surface area contributed by atoms with Crippen LogP contribution in [0.1, 0.15) is 18.9 Å².